The molecule has 0 N–H and O–H groups in total. The van der Waals surface area contributed by atoms with E-state index in [0.717, 1.165) is 19.4 Å². The van der Waals surface area contributed by atoms with Crippen LogP contribution in [-0.2, 0) is 4.74 Å². The second-order valence-electron chi connectivity index (χ2n) is 6.18. The maximum absolute atomic E-state index is 12.6. The smallest absolute Gasteiger partial charge is 0.318 e. The number of nitrogens with zero attached hydrogens (tertiary/aromatic N) is 6. The van der Waals surface area contributed by atoms with Crippen LogP contribution in [0, 0.1) is 6.92 Å². The minimum atomic E-state index is -0.405. The molecule has 4 rings (SSSR count). The van der Waals surface area contributed by atoms with Crippen molar-refractivity contribution in [1.29, 1.82) is 0 Å². The summed E-state index contributed by atoms with van der Waals surface area (Å²) in [6.07, 6.45) is 1.84. The predicted molar refractivity (Wildman–Crippen MR) is 85.0 cm³/mol. The molecule has 2 fully saturated rings. The summed E-state index contributed by atoms with van der Waals surface area (Å²) in [6, 6.07) is 0.516. The van der Waals surface area contributed by atoms with E-state index < -0.39 is 5.60 Å². The first kappa shape index (κ1) is 15.5. The Labute approximate surface area is 142 Å². The number of aromatic nitrogens is 4. The van der Waals surface area contributed by atoms with Crippen LogP contribution in [-0.4, -0.2) is 69.0 Å². The number of piperidine rings is 1. The molecule has 1 atom stereocenters. The van der Waals surface area contributed by atoms with Crippen molar-refractivity contribution < 1.29 is 13.9 Å². The maximum atomic E-state index is 12.6. The lowest BCUT2D eigenvalue weighted by atomic mass is 9.91. The molecule has 0 saturated carbocycles. The number of amides is 1. The van der Waals surface area contributed by atoms with Gasteiger partial charge in [-0.1, -0.05) is 9.59 Å². The number of carbonyl (C=O) groups excluding carboxylic acids is 1. The van der Waals surface area contributed by atoms with Crippen LogP contribution in [0.2, 0.25) is 0 Å². The van der Waals surface area contributed by atoms with Gasteiger partial charge in [-0.15, -0.1) is 10.2 Å². The van der Waals surface area contributed by atoms with Gasteiger partial charge in [0.15, 0.2) is 5.69 Å². The van der Waals surface area contributed by atoms with Crippen molar-refractivity contribution in [3.63, 3.8) is 0 Å². The molecule has 9 nitrogen and oxygen atoms in total. The summed E-state index contributed by atoms with van der Waals surface area (Å²) in [5, 5.41) is 13.6. The zero-order chi connectivity index (χ0) is 16.6. The Kier molecular flexibility index (Phi) is 3.93. The van der Waals surface area contributed by atoms with Crippen molar-refractivity contribution in [1.82, 2.24) is 24.7 Å². The normalized spacial score (nSPS) is 24.5. The highest BCUT2D eigenvalue weighted by molar-refractivity contribution is 7.03. The second kappa shape index (κ2) is 6.10. The van der Waals surface area contributed by atoms with Gasteiger partial charge in [0.25, 0.3) is 5.91 Å². The summed E-state index contributed by atoms with van der Waals surface area (Å²) in [7, 11) is 0. The van der Waals surface area contributed by atoms with Gasteiger partial charge >= 0.3 is 6.01 Å². The molecule has 128 valence electrons. The molecular weight excluding hydrogens is 332 g/mol. The van der Waals surface area contributed by atoms with E-state index in [9.17, 15) is 4.79 Å². The van der Waals surface area contributed by atoms with Crippen LogP contribution in [0.25, 0.3) is 0 Å². The van der Waals surface area contributed by atoms with Crippen LogP contribution < -0.4 is 4.90 Å². The van der Waals surface area contributed by atoms with Gasteiger partial charge in [0, 0.05) is 25.4 Å². The van der Waals surface area contributed by atoms with Gasteiger partial charge in [-0.25, -0.2) is 0 Å². The molecule has 2 saturated heterocycles. The van der Waals surface area contributed by atoms with E-state index in [0.29, 0.717) is 43.8 Å². The Hall–Kier alpha value is -2.07. The molecule has 2 aromatic rings. The third-order valence-electron chi connectivity index (χ3n) is 4.44. The van der Waals surface area contributed by atoms with Crippen LogP contribution in [0.4, 0.5) is 6.01 Å². The molecule has 0 bridgehead atoms. The number of anilines is 1. The third-order valence-corrected chi connectivity index (χ3v) is 4.94. The monoisotopic (exact) mass is 350 g/mol. The van der Waals surface area contributed by atoms with Gasteiger partial charge in [-0.05, 0) is 24.4 Å². The summed E-state index contributed by atoms with van der Waals surface area (Å²) in [4.78, 5) is 16.4. The minimum Gasteiger partial charge on any atom is -0.408 e. The lowest BCUT2D eigenvalue weighted by molar-refractivity contribution is -0.105. The van der Waals surface area contributed by atoms with E-state index in [1.807, 2.05) is 9.80 Å². The highest BCUT2D eigenvalue weighted by Gasteiger charge is 2.43. The molecule has 1 spiro atoms. The molecule has 0 unspecified atom stereocenters. The van der Waals surface area contributed by atoms with Crippen molar-refractivity contribution in [2.45, 2.75) is 25.4 Å². The molecule has 2 aliphatic rings. The first-order chi connectivity index (χ1) is 11.7. The van der Waals surface area contributed by atoms with Crippen molar-refractivity contribution in [2.75, 3.05) is 37.7 Å². The van der Waals surface area contributed by atoms with Gasteiger partial charge in [0.05, 0.1) is 19.7 Å². The topological polar surface area (TPSA) is 97.5 Å². The predicted octanol–water partition coefficient (Wildman–Crippen LogP) is 0.741. The zero-order valence-electron chi connectivity index (χ0n) is 13.3. The van der Waals surface area contributed by atoms with E-state index in [1.165, 1.54) is 11.5 Å². The fourth-order valence-corrected chi connectivity index (χ4v) is 3.79. The van der Waals surface area contributed by atoms with Crippen LogP contribution >= 0.6 is 11.5 Å². The Bertz CT molecular complexity index is 716. The highest BCUT2D eigenvalue weighted by atomic mass is 32.1. The summed E-state index contributed by atoms with van der Waals surface area (Å²) in [5.41, 5.74) is -0.00455. The molecular formula is C14H18N6O3S. The van der Waals surface area contributed by atoms with Crippen LogP contribution in [0.3, 0.4) is 0 Å². The molecule has 0 aromatic carbocycles. The average Bonchev–Trinajstić information content (AvgIpc) is 3.26. The highest BCUT2D eigenvalue weighted by Crippen LogP contribution is 2.31. The molecule has 24 heavy (non-hydrogen) atoms. The van der Waals surface area contributed by atoms with Gasteiger partial charge in [0.2, 0.25) is 5.89 Å². The number of hydrogen-bond donors (Lipinski definition) is 0. The molecule has 10 heteroatoms. The van der Waals surface area contributed by atoms with Gasteiger partial charge in [-0.2, -0.15) is 0 Å². The number of morpholine rings is 1. The fourth-order valence-electron chi connectivity index (χ4n) is 3.36. The Morgan fingerprint density at radius 3 is 2.96 bits per heavy atom. The minimum absolute atomic E-state index is 0.0859. The van der Waals surface area contributed by atoms with Gasteiger partial charge < -0.3 is 19.0 Å². The molecule has 0 aliphatic carbocycles. The Morgan fingerprint density at radius 1 is 1.29 bits per heavy atom. The second-order valence-corrected chi connectivity index (χ2v) is 6.79. The van der Waals surface area contributed by atoms with Crippen molar-refractivity contribution in [2.24, 2.45) is 0 Å². The number of carbonyl (C=O) groups is 1. The third kappa shape index (κ3) is 2.86. The molecule has 4 heterocycles. The lowest BCUT2D eigenvalue weighted by Gasteiger charge is -2.47. The Morgan fingerprint density at radius 2 is 2.21 bits per heavy atom. The van der Waals surface area contributed by atoms with E-state index in [-0.39, 0.29) is 5.91 Å². The zero-order valence-corrected chi connectivity index (χ0v) is 14.2. The number of aryl methyl sites for hydroxylation is 1. The van der Waals surface area contributed by atoms with E-state index in [4.69, 9.17) is 9.15 Å². The van der Waals surface area contributed by atoms with Crippen molar-refractivity contribution in [3.8, 4) is 0 Å². The molecule has 2 aliphatic heterocycles. The van der Waals surface area contributed by atoms with E-state index in [2.05, 4.69) is 19.8 Å². The number of ether oxygens (including phenoxy) is 1. The van der Waals surface area contributed by atoms with Gasteiger partial charge in [-0.3, -0.25) is 4.79 Å². The quantitative estimate of drug-likeness (QED) is 0.782. The summed E-state index contributed by atoms with van der Waals surface area (Å²) >= 11 is 1.18. The summed E-state index contributed by atoms with van der Waals surface area (Å²) in [6.45, 7) is 4.87. The molecule has 1 amide bonds. The van der Waals surface area contributed by atoms with Crippen LogP contribution in [0.15, 0.2) is 9.80 Å². The Balaban J connectivity index is 1.50. The van der Waals surface area contributed by atoms with Crippen LogP contribution in [0.1, 0.15) is 29.2 Å². The summed E-state index contributed by atoms with van der Waals surface area (Å²) < 4.78 is 15.4. The summed E-state index contributed by atoms with van der Waals surface area (Å²) in [5.74, 6) is 0.458. The SMILES string of the molecule is Cc1nnc(N2CCC[C@@]3(CN(C(=O)c4csnn4)CCO3)C2)o1. The number of rotatable bonds is 2. The van der Waals surface area contributed by atoms with Gasteiger partial charge in [0.1, 0.15) is 5.60 Å². The van der Waals surface area contributed by atoms with Crippen molar-refractivity contribution >= 4 is 23.5 Å². The fraction of sp³-hybridized carbons (Fsp3) is 0.643. The maximum Gasteiger partial charge on any atom is 0.318 e. The molecule has 2 aromatic heterocycles. The lowest BCUT2D eigenvalue weighted by Crippen LogP contribution is -2.61. The van der Waals surface area contributed by atoms with E-state index in [1.54, 1.807) is 12.3 Å². The first-order valence-electron chi connectivity index (χ1n) is 7.91. The standard InChI is InChI=1S/C14H18N6O3S/c1-10-15-17-13(23-10)20-4-2-3-14(9-20)8-19(5-6-22-14)12(21)11-7-24-18-16-11/h7H,2-6,8-9H2,1H3/t14-/m1/s1. The first-order valence-corrected chi connectivity index (χ1v) is 8.74. The molecule has 0 radical (unpaired) electrons. The van der Waals surface area contributed by atoms with Crippen LogP contribution in [0.5, 0.6) is 0 Å². The van der Waals surface area contributed by atoms with E-state index >= 15 is 0 Å². The average molecular weight is 350 g/mol. The largest absolute Gasteiger partial charge is 0.408 e. The van der Waals surface area contributed by atoms with Crippen molar-refractivity contribution in [3.05, 3.63) is 17.0 Å². The number of hydrogen-bond acceptors (Lipinski definition) is 9.